The third-order valence-corrected chi connectivity index (χ3v) is 5.40. The fourth-order valence-corrected chi connectivity index (χ4v) is 3.85. The normalized spacial score (nSPS) is 17.8. The van der Waals surface area contributed by atoms with Gasteiger partial charge in [-0.25, -0.2) is 4.79 Å². The number of halogens is 1. The van der Waals surface area contributed by atoms with Crippen LogP contribution in [0.5, 0.6) is 5.75 Å². The number of rotatable bonds is 1. The quantitative estimate of drug-likeness (QED) is 0.508. The fraction of sp³-hybridized carbons (Fsp3) is 0.556. The average molecular weight is 453 g/mol. The number of hydrogen-bond acceptors (Lipinski definition) is 7. The summed E-state index contributed by atoms with van der Waals surface area (Å²) in [6.45, 7) is 6.73. The number of benzene rings is 1. The summed E-state index contributed by atoms with van der Waals surface area (Å²) in [5.41, 5.74) is -0.844. The molecule has 0 bridgehead atoms. The van der Waals surface area contributed by atoms with Gasteiger partial charge in [0, 0.05) is 19.2 Å². The zero-order valence-corrected chi connectivity index (χ0v) is 17.5. The summed E-state index contributed by atoms with van der Waals surface area (Å²) in [7, 11) is 0. The van der Waals surface area contributed by atoms with E-state index in [1.165, 1.54) is 6.07 Å². The largest absolute Gasteiger partial charge is 0.487 e. The average Bonchev–Trinajstić information content (AvgIpc) is 2.61. The molecule has 1 N–H and O–H groups in total. The van der Waals surface area contributed by atoms with Gasteiger partial charge in [0.2, 0.25) is 0 Å². The highest BCUT2D eigenvalue weighted by atomic mass is 79.9. The molecule has 0 saturated carbocycles. The van der Waals surface area contributed by atoms with Gasteiger partial charge in [0.1, 0.15) is 18.3 Å². The van der Waals surface area contributed by atoms with Crippen LogP contribution in [0.3, 0.4) is 0 Å². The molecule has 0 aliphatic carbocycles. The Labute approximate surface area is 170 Å². The molecule has 28 heavy (non-hydrogen) atoms. The second-order valence-electron chi connectivity index (χ2n) is 7.99. The molecular formula is C18H21BrN4O5. The first-order chi connectivity index (χ1) is 13.1. The van der Waals surface area contributed by atoms with Crippen LogP contribution in [0.4, 0.5) is 16.2 Å². The Kier molecular flexibility index (Phi) is 5.14. The molecule has 1 aromatic rings. The summed E-state index contributed by atoms with van der Waals surface area (Å²) in [5.74, 6) is 0.184. The number of nitriles is 1. The van der Waals surface area contributed by atoms with Crippen LogP contribution in [-0.2, 0) is 4.74 Å². The minimum absolute atomic E-state index is 0.100. The zero-order valence-electron chi connectivity index (χ0n) is 15.9. The molecule has 2 heterocycles. The Morgan fingerprint density at radius 1 is 1.46 bits per heavy atom. The van der Waals surface area contributed by atoms with Crippen molar-refractivity contribution in [1.82, 2.24) is 4.90 Å². The lowest BCUT2D eigenvalue weighted by atomic mass is 9.86. The molecule has 1 amide bonds. The third kappa shape index (κ3) is 3.85. The molecule has 2 aliphatic heterocycles. The number of nitro benzene ring substituents is 1. The van der Waals surface area contributed by atoms with Crippen LogP contribution in [0.15, 0.2) is 10.5 Å². The predicted molar refractivity (Wildman–Crippen MR) is 104 cm³/mol. The molecule has 2 aliphatic rings. The zero-order chi connectivity index (χ0) is 20.7. The van der Waals surface area contributed by atoms with Gasteiger partial charge in [0.15, 0.2) is 11.3 Å². The minimum Gasteiger partial charge on any atom is -0.487 e. The highest BCUT2D eigenvalue weighted by molar-refractivity contribution is 9.10. The number of nitro groups is 1. The summed E-state index contributed by atoms with van der Waals surface area (Å²) < 4.78 is 11.7. The van der Waals surface area contributed by atoms with Crippen molar-refractivity contribution in [3.05, 3.63) is 26.2 Å². The Morgan fingerprint density at radius 3 is 2.64 bits per heavy atom. The first-order valence-corrected chi connectivity index (χ1v) is 9.64. The van der Waals surface area contributed by atoms with E-state index in [2.05, 4.69) is 21.2 Å². The van der Waals surface area contributed by atoms with Crippen molar-refractivity contribution in [2.75, 3.05) is 25.0 Å². The maximum atomic E-state index is 12.3. The molecule has 1 spiro atoms. The van der Waals surface area contributed by atoms with Crippen molar-refractivity contribution in [3.63, 3.8) is 0 Å². The van der Waals surface area contributed by atoms with E-state index in [-0.39, 0.29) is 29.7 Å². The van der Waals surface area contributed by atoms with Gasteiger partial charge >= 0.3 is 6.09 Å². The molecule has 0 radical (unpaired) electrons. The van der Waals surface area contributed by atoms with Crippen molar-refractivity contribution in [1.29, 1.82) is 5.26 Å². The topological polar surface area (TPSA) is 118 Å². The van der Waals surface area contributed by atoms with E-state index in [0.29, 0.717) is 36.1 Å². The summed E-state index contributed by atoms with van der Waals surface area (Å²) >= 11 is 3.34. The molecule has 1 saturated heterocycles. The first-order valence-electron chi connectivity index (χ1n) is 8.85. The van der Waals surface area contributed by atoms with Crippen LogP contribution >= 0.6 is 15.9 Å². The van der Waals surface area contributed by atoms with Crippen LogP contribution in [0.2, 0.25) is 0 Å². The Hall–Kier alpha value is -2.54. The molecule has 0 unspecified atom stereocenters. The summed E-state index contributed by atoms with van der Waals surface area (Å²) in [6.07, 6.45) is 0.900. The number of carbonyl (C=O) groups is 1. The van der Waals surface area contributed by atoms with Gasteiger partial charge < -0.3 is 19.7 Å². The molecule has 3 rings (SSSR count). The minimum atomic E-state index is -0.601. The number of ether oxygens (including phenoxy) is 2. The Balaban J connectivity index is 1.79. The summed E-state index contributed by atoms with van der Waals surface area (Å²) in [4.78, 5) is 24.6. The van der Waals surface area contributed by atoms with Gasteiger partial charge in [-0.3, -0.25) is 10.1 Å². The van der Waals surface area contributed by atoms with Crippen molar-refractivity contribution in [3.8, 4) is 11.8 Å². The number of carbonyl (C=O) groups excluding carboxylic acids is 1. The Bertz CT molecular complexity index is 866. The standard InChI is InChI=1S/C18H21BrN4O5/c1-17(2,3)28-16(24)22-6-4-18(5-7-22)10-27-15-11(9-20)13(23(25)26)8-12(19)14(15)21-18/h8,21H,4-7,10H2,1-3H3. The van der Waals surface area contributed by atoms with Crippen LogP contribution in [-0.4, -0.2) is 46.8 Å². The summed E-state index contributed by atoms with van der Waals surface area (Å²) in [6, 6.07) is 3.18. The molecule has 9 nitrogen and oxygen atoms in total. The maximum absolute atomic E-state index is 12.3. The van der Waals surface area contributed by atoms with Gasteiger partial charge in [-0.1, -0.05) is 0 Å². The number of piperidine rings is 1. The van der Waals surface area contributed by atoms with E-state index in [9.17, 15) is 20.2 Å². The van der Waals surface area contributed by atoms with Crippen LogP contribution in [0.1, 0.15) is 39.2 Å². The van der Waals surface area contributed by atoms with E-state index in [1.807, 2.05) is 26.8 Å². The number of amides is 1. The number of likely N-dealkylation sites (tertiary alicyclic amines) is 1. The SMILES string of the molecule is CC(C)(C)OC(=O)N1CCC2(CC1)COc1c(C#N)c([N+](=O)[O-])cc(Br)c1N2. The van der Waals surface area contributed by atoms with Crippen LogP contribution in [0.25, 0.3) is 0 Å². The monoisotopic (exact) mass is 452 g/mol. The summed E-state index contributed by atoms with van der Waals surface area (Å²) in [5, 5.41) is 24.0. The molecule has 1 fully saturated rings. The molecule has 150 valence electrons. The van der Waals surface area contributed by atoms with Crippen LogP contribution in [0, 0.1) is 21.4 Å². The highest BCUT2D eigenvalue weighted by Gasteiger charge is 2.42. The van der Waals surface area contributed by atoms with Gasteiger partial charge in [0.05, 0.1) is 20.6 Å². The van der Waals surface area contributed by atoms with E-state index in [1.54, 1.807) is 4.90 Å². The van der Waals surface area contributed by atoms with Gasteiger partial charge in [-0.05, 0) is 49.5 Å². The fourth-order valence-electron chi connectivity index (χ4n) is 3.35. The van der Waals surface area contributed by atoms with Gasteiger partial charge in [-0.15, -0.1) is 0 Å². The number of fused-ring (bicyclic) bond motifs is 1. The smallest absolute Gasteiger partial charge is 0.410 e. The van der Waals surface area contributed by atoms with Crippen molar-refractivity contribution >= 4 is 33.4 Å². The molecule has 10 heteroatoms. The van der Waals surface area contributed by atoms with E-state index in [0.717, 1.165) is 0 Å². The second-order valence-corrected chi connectivity index (χ2v) is 8.84. The van der Waals surface area contributed by atoms with Crippen LogP contribution < -0.4 is 10.1 Å². The highest BCUT2D eigenvalue weighted by Crippen LogP contribution is 2.46. The third-order valence-electron chi connectivity index (χ3n) is 4.78. The van der Waals surface area contributed by atoms with Crippen molar-refractivity contribution < 1.29 is 19.2 Å². The molecular weight excluding hydrogens is 432 g/mol. The van der Waals surface area contributed by atoms with Crippen molar-refractivity contribution in [2.45, 2.75) is 44.8 Å². The molecule has 0 atom stereocenters. The lowest BCUT2D eigenvalue weighted by molar-refractivity contribution is -0.385. The molecule has 1 aromatic carbocycles. The van der Waals surface area contributed by atoms with E-state index in [4.69, 9.17) is 9.47 Å². The van der Waals surface area contributed by atoms with Gasteiger partial charge in [-0.2, -0.15) is 5.26 Å². The molecule has 0 aromatic heterocycles. The van der Waals surface area contributed by atoms with Gasteiger partial charge in [0.25, 0.3) is 5.69 Å². The first kappa shape index (κ1) is 20.2. The number of hydrogen-bond donors (Lipinski definition) is 1. The van der Waals surface area contributed by atoms with E-state index < -0.39 is 16.1 Å². The number of nitrogens with one attached hydrogen (secondary N) is 1. The number of nitrogens with zero attached hydrogens (tertiary/aromatic N) is 3. The lowest BCUT2D eigenvalue weighted by Gasteiger charge is -2.45. The lowest BCUT2D eigenvalue weighted by Crippen LogP contribution is -2.56. The second kappa shape index (κ2) is 7.13. The van der Waals surface area contributed by atoms with E-state index >= 15 is 0 Å². The Morgan fingerprint density at radius 2 is 2.11 bits per heavy atom. The van der Waals surface area contributed by atoms with Crippen molar-refractivity contribution in [2.24, 2.45) is 0 Å². The maximum Gasteiger partial charge on any atom is 0.410 e. The number of anilines is 1. The predicted octanol–water partition coefficient (Wildman–Crippen LogP) is 3.80.